The second-order valence-corrected chi connectivity index (χ2v) is 7.37. The molecule has 1 aromatic heterocycles. The van der Waals surface area contributed by atoms with E-state index in [0.717, 1.165) is 11.6 Å². The second-order valence-electron chi connectivity index (χ2n) is 7.37. The first-order chi connectivity index (χ1) is 15.9. The second kappa shape index (κ2) is 9.20. The van der Waals surface area contributed by atoms with Crippen molar-refractivity contribution in [2.75, 3.05) is 13.7 Å². The van der Waals surface area contributed by atoms with Gasteiger partial charge in [0, 0.05) is 6.54 Å². The Hall–Kier alpha value is -4.07. The van der Waals surface area contributed by atoms with E-state index in [0.29, 0.717) is 12.4 Å². The first-order valence-corrected chi connectivity index (χ1v) is 10.3. The van der Waals surface area contributed by atoms with E-state index in [1.807, 2.05) is 6.92 Å². The largest absolute Gasteiger partial charge is 0.507 e. The SMILES string of the molecule is CCOc1cccc(CN2C(=O)C(=O)/C(=C(\O)c3cc(F)ccc3OC)C2c2ccco2)c1. The van der Waals surface area contributed by atoms with Gasteiger partial charge in [0.05, 0.1) is 31.1 Å². The van der Waals surface area contributed by atoms with Gasteiger partial charge in [0.25, 0.3) is 11.7 Å². The molecule has 1 N–H and O–H groups in total. The van der Waals surface area contributed by atoms with E-state index < -0.39 is 29.3 Å². The maximum atomic E-state index is 14.0. The molecule has 0 radical (unpaired) electrons. The first-order valence-electron chi connectivity index (χ1n) is 10.3. The van der Waals surface area contributed by atoms with Gasteiger partial charge in [0.1, 0.15) is 34.9 Å². The smallest absolute Gasteiger partial charge is 0.296 e. The predicted molar refractivity (Wildman–Crippen MR) is 117 cm³/mol. The van der Waals surface area contributed by atoms with E-state index in [-0.39, 0.29) is 29.2 Å². The van der Waals surface area contributed by atoms with Crippen molar-refractivity contribution < 1.29 is 33.0 Å². The van der Waals surface area contributed by atoms with Crippen molar-refractivity contribution in [1.29, 1.82) is 0 Å². The third kappa shape index (κ3) is 4.19. The van der Waals surface area contributed by atoms with Crippen LogP contribution in [0.15, 0.2) is 70.9 Å². The number of carbonyl (C=O) groups is 2. The van der Waals surface area contributed by atoms with E-state index in [1.54, 1.807) is 36.4 Å². The Balaban J connectivity index is 1.83. The van der Waals surface area contributed by atoms with E-state index in [1.165, 1.54) is 30.4 Å². The molecule has 0 spiro atoms. The number of amides is 1. The van der Waals surface area contributed by atoms with Gasteiger partial charge in [-0.15, -0.1) is 0 Å². The van der Waals surface area contributed by atoms with Crippen molar-refractivity contribution in [2.24, 2.45) is 0 Å². The van der Waals surface area contributed by atoms with Crippen LogP contribution in [-0.4, -0.2) is 35.4 Å². The molecule has 33 heavy (non-hydrogen) atoms. The number of furan rings is 1. The maximum absolute atomic E-state index is 14.0. The minimum absolute atomic E-state index is 0.0367. The summed E-state index contributed by atoms with van der Waals surface area (Å²) in [4.78, 5) is 27.4. The molecular weight excluding hydrogens is 429 g/mol. The van der Waals surface area contributed by atoms with Crippen LogP contribution < -0.4 is 9.47 Å². The summed E-state index contributed by atoms with van der Waals surface area (Å²) in [6, 6.07) is 12.9. The number of Topliss-reactive ketones (excluding diaryl/α,β-unsaturated/α-hetero) is 1. The van der Waals surface area contributed by atoms with Crippen molar-refractivity contribution in [3.05, 3.63) is 89.1 Å². The monoisotopic (exact) mass is 451 g/mol. The Kier molecular flexibility index (Phi) is 6.17. The molecule has 1 amide bonds. The van der Waals surface area contributed by atoms with Crippen molar-refractivity contribution in [1.82, 2.24) is 4.90 Å². The Morgan fingerprint density at radius 2 is 1.97 bits per heavy atom. The summed E-state index contributed by atoms with van der Waals surface area (Å²) in [5.74, 6) is -1.82. The van der Waals surface area contributed by atoms with Crippen LogP contribution >= 0.6 is 0 Å². The Morgan fingerprint density at radius 1 is 1.15 bits per heavy atom. The van der Waals surface area contributed by atoms with Gasteiger partial charge in [-0.3, -0.25) is 9.59 Å². The van der Waals surface area contributed by atoms with Crippen molar-refractivity contribution in [2.45, 2.75) is 19.5 Å². The standard InChI is InChI=1S/C25H22FNO6/c1-3-32-17-7-4-6-15(12-17)14-27-22(20-8-5-11-33-20)21(24(29)25(27)30)23(28)18-13-16(26)9-10-19(18)31-2/h4-13,22,28H,3,14H2,1-2H3/b23-21-. The van der Waals surface area contributed by atoms with Gasteiger partial charge in [-0.2, -0.15) is 0 Å². The molecule has 1 atom stereocenters. The summed E-state index contributed by atoms with van der Waals surface area (Å²) in [5, 5.41) is 11.1. The van der Waals surface area contributed by atoms with Gasteiger partial charge >= 0.3 is 0 Å². The summed E-state index contributed by atoms with van der Waals surface area (Å²) >= 11 is 0. The number of ether oxygens (including phenoxy) is 2. The molecule has 170 valence electrons. The number of rotatable bonds is 7. The molecule has 7 nitrogen and oxygen atoms in total. The number of ketones is 1. The van der Waals surface area contributed by atoms with E-state index in [2.05, 4.69) is 0 Å². The van der Waals surface area contributed by atoms with Gasteiger partial charge < -0.3 is 23.9 Å². The third-order valence-electron chi connectivity index (χ3n) is 5.33. The lowest BCUT2D eigenvalue weighted by atomic mass is 9.98. The first kappa shape index (κ1) is 22.1. The number of nitrogens with zero attached hydrogens (tertiary/aromatic N) is 1. The van der Waals surface area contributed by atoms with Crippen LogP contribution in [-0.2, 0) is 16.1 Å². The fourth-order valence-corrected chi connectivity index (χ4v) is 3.89. The molecule has 1 saturated heterocycles. The molecule has 0 bridgehead atoms. The lowest BCUT2D eigenvalue weighted by molar-refractivity contribution is -0.140. The molecular formula is C25H22FNO6. The van der Waals surface area contributed by atoms with Gasteiger partial charge in [-0.25, -0.2) is 4.39 Å². The third-order valence-corrected chi connectivity index (χ3v) is 5.33. The number of hydrogen-bond acceptors (Lipinski definition) is 6. The van der Waals surface area contributed by atoms with Crippen molar-refractivity contribution >= 4 is 17.4 Å². The van der Waals surface area contributed by atoms with Crippen LogP contribution in [0.1, 0.15) is 29.9 Å². The maximum Gasteiger partial charge on any atom is 0.296 e. The van der Waals surface area contributed by atoms with Crippen LogP contribution in [0.25, 0.3) is 5.76 Å². The Morgan fingerprint density at radius 3 is 2.67 bits per heavy atom. The zero-order chi connectivity index (χ0) is 23.5. The summed E-state index contributed by atoms with van der Waals surface area (Å²) < 4.78 is 30.2. The molecule has 2 heterocycles. The van der Waals surface area contributed by atoms with E-state index in [4.69, 9.17) is 13.9 Å². The van der Waals surface area contributed by atoms with Crippen molar-refractivity contribution in [3.63, 3.8) is 0 Å². The van der Waals surface area contributed by atoms with Gasteiger partial charge in [0.15, 0.2) is 0 Å². The van der Waals surface area contributed by atoms with Gasteiger partial charge in [0.2, 0.25) is 0 Å². The quantitative estimate of drug-likeness (QED) is 0.324. The van der Waals surface area contributed by atoms with Gasteiger partial charge in [-0.05, 0) is 55.0 Å². The fraction of sp³-hybridized carbons (Fsp3) is 0.200. The van der Waals surface area contributed by atoms with Crippen LogP contribution in [0.3, 0.4) is 0 Å². The number of aliphatic hydroxyl groups excluding tert-OH is 1. The summed E-state index contributed by atoms with van der Waals surface area (Å²) in [6.07, 6.45) is 1.41. The molecule has 3 aromatic rings. The van der Waals surface area contributed by atoms with E-state index in [9.17, 15) is 19.1 Å². The van der Waals surface area contributed by atoms with Crippen molar-refractivity contribution in [3.8, 4) is 11.5 Å². The van der Waals surface area contributed by atoms with Crippen LogP contribution in [0.2, 0.25) is 0 Å². The van der Waals surface area contributed by atoms with Crippen LogP contribution in [0.5, 0.6) is 11.5 Å². The highest BCUT2D eigenvalue weighted by atomic mass is 19.1. The molecule has 0 saturated carbocycles. The molecule has 0 aliphatic carbocycles. The Labute approximate surface area is 189 Å². The highest BCUT2D eigenvalue weighted by Crippen LogP contribution is 2.42. The van der Waals surface area contributed by atoms with Gasteiger partial charge in [-0.1, -0.05) is 12.1 Å². The summed E-state index contributed by atoms with van der Waals surface area (Å²) in [6.45, 7) is 2.41. The topological polar surface area (TPSA) is 89.2 Å². The number of likely N-dealkylation sites (tertiary alicyclic amines) is 1. The molecule has 1 aliphatic heterocycles. The molecule has 2 aromatic carbocycles. The summed E-state index contributed by atoms with van der Waals surface area (Å²) in [5.41, 5.74) is 0.480. The minimum atomic E-state index is -1.01. The zero-order valence-corrected chi connectivity index (χ0v) is 18.1. The fourth-order valence-electron chi connectivity index (χ4n) is 3.89. The molecule has 4 rings (SSSR count). The molecule has 1 unspecified atom stereocenters. The summed E-state index contributed by atoms with van der Waals surface area (Å²) in [7, 11) is 1.36. The average molecular weight is 451 g/mol. The highest BCUT2D eigenvalue weighted by Gasteiger charge is 2.47. The zero-order valence-electron chi connectivity index (χ0n) is 18.1. The number of hydrogen-bond donors (Lipinski definition) is 1. The predicted octanol–water partition coefficient (Wildman–Crippen LogP) is 4.45. The number of benzene rings is 2. The molecule has 1 aliphatic rings. The average Bonchev–Trinajstić information content (AvgIpc) is 3.42. The molecule has 1 fully saturated rings. The van der Waals surface area contributed by atoms with Crippen LogP contribution in [0, 0.1) is 5.82 Å². The van der Waals surface area contributed by atoms with Crippen LogP contribution in [0.4, 0.5) is 4.39 Å². The number of carbonyl (C=O) groups excluding carboxylic acids is 2. The number of halogens is 1. The number of methoxy groups -OCH3 is 1. The lowest BCUT2D eigenvalue weighted by Gasteiger charge is -2.23. The van der Waals surface area contributed by atoms with E-state index >= 15 is 0 Å². The lowest BCUT2D eigenvalue weighted by Crippen LogP contribution is -2.29. The normalized spacial score (nSPS) is 17.4. The highest BCUT2D eigenvalue weighted by molar-refractivity contribution is 6.46. The number of aliphatic hydroxyl groups is 1. The minimum Gasteiger partial charge on any atom is -0.507 e. The molecule has 8 heteroatoms. The Bertz CT molecular complexity index is 1220.